The molecular formula is C22H27N3O3. The number of carbonyl (C=O) groups is 1. The first-order chi connectivity index (χ1) is 13.7. The summed E-state index contributed by atoms with van der Waals surface area (Å²) in [4.78, 5) is 16.9. The van der Waals surface area contributed by atoms with Gasteiger partial charge in [-0.2, -0.15) is 0 Å². The Balaban J connectivity index is 1.20. The maximum atomic E-state index is 12.5. The number of nitrogens with one attached hydrogen (secondary N) is 1. The van der Waals surface area contributed by atoms with Crippen molar-refractivity contribution in [3.63, 3.8) is 0 Å². The van der Waals surface area contributed by atoms with Gasteiger partial charge in [0.15, 0.2) is 11.5 Å². The highest BCUT2D eigenvalue weighted by molar-refractivity contribution is 5.77. The Labute approximate surface area is 166 Å². The lowest BCUT2D eigenvalue weighted by Crippen LogP contribution is -2.48. The van der Waals surface area contributed by atoms with Gasteiger partial charge in [-0.1, -0.05) is 24.3 Å². The topological polar surface area (TPSA) is 54.0 Å². The number of hydrogen-bond acceptors (Lipinski definition) is 5. The molecule has 0 unspecified atom stereocenters. The molecule has 2 aliphatic rings. The zero-order chi connectivity index (χ0) is 19.3. The fraction of sp³-hybridized carbons (Fsp3) is 0.409. The van der Waals surface area contributed by atoms with Crippen molar-refractivity contribution in [1.82, 2.24) is 9.80 Å². The number of piperazine rings is 1. The molecule has 1 fully saturated rings. The maximum Gasteiger partial charge on any atom is 0.231 e. The third-order valence-electron chi connectivity index (χ3n) is 5.37. The Bertz CT molecular complexity index is 832. The lowest BCUT2D eigenvalue weighted by molar-refractivity contribution is -0.132. The van der Waals surface area contributed by atoms with Gasteiger partial charge < -0.3 is 19.7 Å². The van der Waals surface area contributed by atoms with Crippen LogP contribution in [0.15, 0.2) is 42.5 Å². The van der Waals surface area contributed by atoms with Crippen molar-refractivity contribution in [2.75, 3.05) is 44.8 Å². The van der Waals surface area contributed by atoms with E-state index in [2.05, 4.69) is 41.4 Å². The van der Waals surface area contributed by atoms with Crippen molar-refractivity contribution in [3.05, 3.63) is 53.6 Å². The fourth-order valence-corrected chi connectivity index (χ4v) is 3.69. The highest BCUT2D eigenvalue weighted by Crippen LogP contribution is 2.32. The van der Waals surface area contributed by atoms with Gasteiger partial charge in [-0.15, -0.1) is 0 Å². The molecule has 2 aromatic rings. The van der Waals surface area contributed by atoms with Gasteiger partial charge in [0.1, 0.15) is 0 Å². The molecule has 0 aromatic heterocycles. The van der Waals surface area contributed by atoms with Crippen molar-refractivity contribution in [3.8, 4) is 11.5 Å². The van der Waals surface area contributed by atoms with Gasteiger partial charge >= 0.3 is 0 Å². The zero-order valence-corrected chi connectivity index (χ0v) is 16.3. The molecule has 4 rings (SSSR count). The summed E-state index contributed by atoms with van der Waals surface area (Å²) in [6.07, 6.45) is 0.524. The monoisotopic (exact) mass is 381 g/mol. The summed E-state index contributed by atoms with van der Waals surface area (Å²) < 4.78 is 10.8. The number of ether oxygens (including phenoxy) is 2. The first-order valence-electron chi connectivity index (χ1n) is 9.87. The van der Waals surface area contributed by atoms with Crippen molar-refractivity contribution in [2.24, 2.45) is 0 Å². The van der Waals surface area contributed by atoms with Crippen LogP contribution >= 0.6 is 0 Å². The Kier molecular flexibility index (Phi) is 5.67. The molecule has 148 valence electrons. The summed E-state index contributed by atoms with van der Waals surface area (Å²) in [7, 11) is 0. The van der Waals surface area contributed by atoms with Gasteiger partial charge in [-0.3, -0.25) is 9.69 Å². The zero-order valence-electron chi connectivity index (χ0n) is 16.3. The molecule has 2 aromatic carbocycles. The van der Waals surface area contributed by atoms with Crippen LogP contribution in [0.3, 0.4) is 0 Å². The summed E-state index contributed by atoms with van der Waals surface area (Å²) in [6, 6.07) is 14.3. The van der Waals surface area contributed by atoms with E-state index in [0.29, 0.717) is 19.8 Å². The van der Waals surface area contributed by atoms with E-state index >= 15 is 0 Å². The van der Waals surface area contributed by atoms with Gasteiger partial charge in [-0.05, 0) is 36.2 Å². The summed E-state index contributed by atoms with van der Waals surface area (Å²) in [6.45, 7) is 7.27. The van der Waals surface area contributed by atoms with E-state index in [0.717, 1.165) is 49.9 Å². The second-order valence-corrected chi connectivity index (χ2v) is 7.34. The first kappa shape index (κ1) is 18.6. The molecule has 0 bridgehead atoms. The third kappa shape index (κ3) is 4.39. The Morgan fingerprint density at radius 3 is 2.64 bits per heavy atom. The molecule has 1 amide bonds. The maximum absolute atomic E-state index is 12.5. The molecule has 1 N–H and O–H groups in total. The number of amides is 1. The van der Waals surface area contributed by atoms with Gasteiger partial charge in [0.2, 0.25) is 12.7 Å². The van der Waals surface area contributed by atoms with E-state index < -0.39 is 0 Å². The highest BCUT2D eigenvalue weighted by atomic mass is 16.7. The molecule has 0 aliphatic carbocycles. The van der Waals surface area contributed by atoms with E-state index in [9.17, 15) is 4.79 Å². The van der Waals surface area contributed by atoms with Gasteiger partial charge in [-0.25, -0.2) is 0 Å². The molecule has 0 atom stereocenters. The van der Waals surface area contributed by atoms with E-state index in [1.807, 2.05) is 23.1 Å². The van der Waals surface area contributed by atoms with Crippen LogP contribution in [-0.4, -0.2) is 55.2 Å². The van der Waals surface area contributed by atoms with Crippen LogP contribution in [0.2, 0.25) is 0 Å². The summed E-state index contributed by atoms with van der Waals surface area (Å²) in [5.41, 5.74) is 3.52. The summed E-state index contributed by atoms with van der Waals surface area (Å²) in [5, 5.41) is 3.36. The Hall–Kier alpha value is -2.73. The quantitative estimate of drug-likeness (QED) is 0.834. The van der Waals surface area contributed by atoms with Crippen molar-refractivity contribution in [2.45, 2.75) is 19.9 Å². The molecule has 6 nitrogen and oxygen atoms in total. The van der Waals surface area contributed by atoms with Gasteiger partial charge in [0, 0.05) is 51.4 Å². The number of aryl methyl sites for hydroxylation is 1. The molecule has 0 radical (unpaired) electrons. The number of carbonyl (C=O) groups excluding carboxylic acids is 1. The number of anilines is 1. The average Bonchev–Trinajstić information content (AvgIpc) is 3.18. The minimum Gasteiger partial charge on any atom is -0.454 e. The number of hydrogen-bond donors (Lipinski definition) is 1. The lowest BCUT2D eigenvalue weighted by atomic mass is 10.1. The molecule has 1 saturated heterocycles. The number of rotatable bonds is 6. The average molecular weight is 381 g/mol. The fourth-order valence-electron chi connectivity index (χ4n) is 3.69. The molecule has 0 saturated carbocycles. The van der Waals surface area contributed by atoms with Crippen LogP contribution < -0.4 is 14.8 Å². The highest BCUT2D eigenvalue weighted by Gasteiger charge is 2.21. The number of para-hydroxylation sites is 1. The molecule has 2 heterocycles. The van der Waals surface area contributed by atoms with Crippen molar-refractivity contribution >= 4 is 11.6 Å². The standard InChI is InChI=1S/C22H27N3O3/c1-17-4-2-3-5-19(17)23-9-8-22(26)25-12-10-24(11-13-25)15-18-6-7-20-21(14-18)28-16-27-20/h2-7,14,23H,8-13,15-16H2,1H3. The number of fused-ring (bicyclic) bond motifs is 1. The first-order valence-corrected chi connectivity index (χ1v) is 9.87. The van der Waals surface area contributed by atoms with E-state index in [1.165, 1.54) is 11.1 Å². The largest absolute Gasteiger partial charge is 0.454 e. The van der Waals surface area contributed by atoms with Crippen LogP contribution in [-0.2, 0) is 11.3 Å². The number of nitrogens with zero attached hydrogens (tertiary/aromatic N) is 2. The molecule has 6 heteroatoms. The van der Waals surface area contributed by atoms with Gasteiger partial charge in [0.05, 0.1) is 0 Å². The smallest absolute Gasteiger partial charge is 0.231 e. The van der Waals surface area contributed by atoms with Crippen LogP contribution in [0.1, 0.15) is 17.5 Å². The van der Waals surface area contributed by atoms with Crippen LogP contribution in [0, 0.1) is 6.92 Å². The molecular weight excluding hydrogens is 354 g/mol. The van der Waals surface area contributed by atoms with E-state index in [-0.39, 0.29) is 5.91 Å². The third-order valence-corrected chi connectivity index (χ3v) is 5.37. The summed E-state index contributed by atoms with van der Waals surface area (Å²) in [5.74, 6) is 1.87. The van der Waals surface area contributed by atoms with Gasteiger partial charge in [0.25, 0.3) is 0 Å². The van der Waals surface area contributed by atoms with Crippen molar-refractivity contribution in [1.29, 1.82) is 0 Å². The lowest BCUT2D eigenvalue weighted by Gasteiger charge is -2.35. The van der Waals surface area contributed by atoms with Crippen LogP contribution in [0.25, 0.3) is 0 Å². The molecule has 28 heavy (non-hydrogen) atoms. The normalized spacial score (nSPS) is 16.2. The second-order valence-electron chi connectivity index (χ2n) is 7.34. The van der Waals surface area contributed by atoms with E-state index in [1.54, 1.807) is 0 Å². The van der Waals surface area contributed by atoms with Crippen molar-refractivity contribution < 1.29 is 14.3 Å². The van der Waals surface area contributed by atoms with Crippen LogP contribution in [0.4, 0.5) is 5.69 Å². The second kappa shape index (κ2) is 8.52. The minimum absolute atomic E-state index is 0.226. The molecule has 0 spiro atoms. The van der Waals surface area contributed by atoms with Crippen LogP contribution in [0.5, 0.6) is 11.5 Å². The SMILES string of the molecule is Cc1ccccc1NCCC(=O)N1CCN(Cc2ccc3c(c2)OCO3)CC1. The molecule has 2 aliphatic heterocycles. The minimum atomic E-state index is 0.226. The Morgan fingerprint density at radius 1 is 1.04 bits per heavy atom. The predicted octanol–water partition coefficient (Wildman–Crippen LogP) is 2.87. The predicted molar refractivity (Wildman–Crippen MR) is 109 cm³/mol. The number of benzene rings is 2. The van der Waals surface area contributed by atoms with E-state index in [4.69, 9.17) is 9.47 Å². The Morgan fingerprint density at radius 2 is 1.82 bits per heavy atom. The summed E-state index contributed by atoms with van der Waals surface area (Å²) >= 11 is 0.